The highest BCUT2D eigenvalue weighted by Gasteiger charge is 2.71. The van der Waals surface area contributed by atoms with Gasteiger partial charge in [0.15, 0.2) is 12.2 Å². The molecule has 0 amide bonds. The molecule has 8 nitrogen and oxygen atoms in total. The minimum absolute atomic E-state index is 0.292. The van der Waals surface area contributed by atoms with Crippen LogP contribution in [0.2, 0.25) is 0 Å². The molecule has 1 aromatic carbocycles. The molecule has 3 fully saturated rings. The van der Waals surface area contributed by atoms with E-state index in [1.807, 2.05) is 0 Å². The number of halogens is 1. The van der Waals surface area contributed by atoms with Crippen molar-refractivity contribution in [2.75, 3.05) is 0 Å². The molecule has 3 heterocycles. The van der Waals surface area contributed by atoms with Gasteiger partial charge >= 0.3 is 18.1 Å². The molecule has 24 heavy (non-hydrogen) atoms. The molecular formula is C15H11IO8. The van der Waals surface area contributed by atoms with Crippen LogP contribution >= 0.6 is 22.6 Å². The number of rotatable bonds is 3. The Hall–Kier alpha value is -1.88. The molecule has 0 spiro atoms. The minimum atomic E-state index is -1.18. The number of carbonyl (C=O) groups excluding carboxylic acids is 2. The van der Waals surface area contributed by atoms with Gasteiger partial charge in [-0.1, -0.05) is 0 Å². The van der Waals surface area contributed by atoms with Gasteiger partial charge in [-0.05, 0) is 46.9 Å². The smallest absolute Gasteiger partial charge is 0.481 e. The average Bonchev–Trinajstić information content (AvgIpc) is 3.13. The Bertz CT molecular complexity index is 717. The number of fused-ring (bicyclic) bond motifs is 1. The maximum Gasteiger partial charge on any atom is 0.514 e. The molecule has 2 bridgehead atoms. The van der Waals surface area contributed by atoms with Gasteiger partial charge in [0.1, 0.15) is 29.8 Å². The SMILES string of the molecule is O=C(Oc1ccc(I)cc1)OC1C2OC(=O)C3C2OC1C3C(=O)O. The summed E-state index contributed by atoms with van der Waals surface area (Å²) in [6, 6.07) is 6.72. The second-order valence-corrected chi connectivity index (χ2v) is 6.99. The molecule has 0 aliphatic carbocycles. The van der Waals surface area contributed by atoms with Crippen molar-refractivity contribution in [2.45, 2.75) is 24.4 Å². The number of benzene rings is 1. The molecular weight excluding hydrogens is 435 g/mol. The molecule has 4 rings (SSSR count). The van der Waals surface area contributed by atoms with E-state index >= 15 is 0 Å². The number of esters is 1. The quantitative estimate of drug-likeness (QED) is 0.420. The topological polar surface area (TPSA) is 108 Å². The highest BCUT2D eigenvalue weighted by molar-refractivity contribution is 14.1. The van der Waals surface area contributed by atoms with Gasteiger partial charge in [-0.3, -0.25) is 9.59 Å². The zero-order valence-corrected chi connectivity index (χ0v) is 14.1. The standard InChI is InChI=1S/C15H11IO8/c16-5-1-3-6(4-2-5)21-15(20)24-12-9-7(13(17)18)8-10(22-9)11(12)23-14(8)19/h1-4,7-12H,(H,17,18). The maximum atomic E-state index is 12.0. The first kappa shape index (κ1) is 15.6. The molecule has 3 saturated heterocycles. The molecule has 3 aliphatic heterocycles. The third kappa shape index (κ3) is 2.34. The number of aliphatic carboxylic acids is 1. The monoisotopic (exact) mass is 446 g/mol. The lowest BCUT2D eigenvalue weighted by molar-refractivity contribution is -0.151. The Balaban J connectivity index is 1.49. The van der Waals surface area contributed by atoms with Crippen molar-refractivity contribution < 1.29 is 38.4 Å². The first-order chi connectivity index (χ1) is 11.5. The van der Waals surface area contributed by atoms with E-state index < -0.39 is 54.3 Å². The van der Waals surface area contributed by atoms with Crippen LogP contribution in [0.25, 0.3) is 0 Å². The van der Waals surface area contributed by atoms with Gasteiger partial charge in [0.2, 0.25) is 0 Å². The third-order valence-corrected chi connectivity index (χ3v) is 5.16. The van der Waals surface area contributed by atoms with Crippen molar-refractivity contribution in [3.8, 4) is 5.75 Å². The Morgan fingerprint density at radius 2 is 1.83 bits per heavy atom. The van der Waals surface area contributed by atoms with E-state index in [-0.39, 0.29) is 0 Å². The number of carboxylic acids is 1. The second-order valence-electron chi connectivity index (χ2n) is 5.75. The molecule has 6 unspecified atom stereocenters. The fraction of sp³-hybridized carbons (Fsp3) is 0.400. The second kappa shape index (κ2) is 5.59. The predicted octanol–water partition coefficient (Wildman–Crippen LogP) is 1.20. The van der Waals surface area contributed by atoms with E-state index in [1.54, 1.807) is 24.3 Å². The zero-order valence-electron chi connectivity index (χ0n) is 12.0. The summed E-state index contributed by atoms with van der Waals surface area (Å²) in [5.74, 6) is -3.44. The minimum Gasteiger partial charge on any atom is -0.481 e. The van der Waals surface area contributed by atoms with Crippen LogP contribution in [0.3, 0.4) is 0 Å². The van der Waals surface area contributed by atoms with E-state index in [0.29, 0.717) is 5.75 Å². The summed E-state index contributed by atoms with van der Waals surface area (Å²) in [6.45, 7) is 0. The summed E-state index contributed by atoms with van der Waals surface area (Å²) in [4.78, 5) is 35.2. The Morgan fingerprint density at radius 1 is 1.12 bits per heavy atom. The van der Waals surface area contributed by atoms with Gasteiger partial charge in [0.05, 0.1) is 0 Å². The summed E-state index contributed by atoms with van der Waals surface area (Å²) < 4.78 is 21.9. The van der Waals surface area contributed by atoms with Crippen molar-refractivity contribution in [2.24, 2.45) is 11.8 Å². The van der Waals surface area contributed by atoms with Crippen molar-refractivity contribution in [3.63, 3.8) is 0 Å². The fourth-order valence-electron chi connectivity index (χ4n) is 3.49. The molecule has 9 heteroatoms. The number of ether oxygens (including phenoxy) is 4. The van der Waals surface area contributed by atoms with Crippen molar-refractivity contribution in [1.82, 2.24) is 0 Å². The number of hydrogen-bond acceptors (Lipinski definition) is 7. The highest BCUT2D eigenvalue weighted by Crippen LogP contribution is 2.51. The fourth-order valence-corrected chi connectivity index (χ4v) is 3.85. The van der Waals surface area contributed by atoms with Crippen LogP contribution in [0.5, 0.6) is 5.75 Å². The lowest BCUT2D eigenvalue weighted by Gasteiger charge is -2.25. The Morgan fingerprint density at radius 3 is 2.50 bits per heavy atom. The predicted molar refractivity (Wildman–Crippen MR) is 83.2 cm³/mol. The van der Waals surface area contributed by atoms with Crippen LogP contribution in [0.1, 0.15) is 0 Å². The van der Waals surface area contributed by atoms with Crippen LogP contribution in [0.4, 0.5) is 4.79 Å². The van der Waals surface area contributed by atoms with E-state index in [1.165, 1.54) is 0 Å². The van der Waals surface area contributed by atoms with Gasteiger partial charge in [-0.2, -0.15) is 0 Å². The van der Waals surface area contributed by atoms with Crippen LogP contribution in [0.15, 0.2) is 24.3 Å². The lowest BCUT2D eigenvalue weighted by atomic mass is 9.78. The average molecular weight is 446 g/mol. The summed E-state index contributed by atoms with van der Waals surface area (Å²) in [6.07, 6.45) is -4.39. The molecule has 0 radical (unpaired) electrons. The summed E-state index contributed by atoms with van der Waals surface area (Å²) in [5.41, 5.74) is 0. The molecule has 6 atom stereocenters. The molecule has 1 N–H and O–H groups in total. The van der Waals surface area contributed by atoms with Crippen molar-refractivity contribution >= 4 is 40.7 Å². The molecule has 1 aromatic rings. The number of carbonyl (C=O) groups is 3. The molecule has 0 aromatic heterocycles. The zero-order chi connectivity index (χ0) is 17.0. The summed E-state index contributed by atoms with van der Waals surface area (Å²) in [5, 5.41) is 9.33. The van der Waals surface area contributed by atoms with Gasteiger partial charge in [0, 0.05) is 3.57 Å². The van der Waals surface area contributed by atoms with Crippen molar-refractivity contribution in [1.29, 1.82) is 0 Å². The van der Waals surface area contributed by atoms with E-state index in [4.69, 9.17) is 18.9 Å². The lowest BCUT2D eigenvalue weighted by Crippen LogP contribution is -2.47. The number of hydrogen-bond donors (Lipinski definition) is 1. The molecule has 126 valence electrons. The Labute approximate surface area is 149 Å². The first-order valence-corrected chi connectivity index (χ1v) is 8.26. The van der Waals surface area contributed by atoms with E-state index in [2.05, 4.69) is 22.6 Å². The maximum absolute atomic E-state index is 12.0. The number of carboxylic acid groups (broad SMARTS) is 1. The van der Waals surface area contributed by atoms with Crippen LogP contribution in [-0.2, 0) is 23.8 Å². The normalized spacial score (nSPS) is 35.6. The van der Waals surface area contributed by atoms with Gasteiger partial charge in [-0.15, -0.1) is 0 Å². The third-order valence-electron chi connectivity index (χ3n) is 4.44. The molecule has 0 saturated carbocycles. The van der Waals surface area contributed by atoms with Gasteiger partial charge in [0.25, 0.3) is 0 Å². The van der Waals surface area contributed by atoms with E-state index in [0.717, 1.165) is 3.57 Å². The Kier molecular flexibility index (Phi) is 3.64. The first-order valence-electron chi connectivity index (χ1n) is 7.18. The van der Waals surface area contributed by atoms with Gasteiger partial charge in [-0.25, -0.2) is 4.79 Å². The van der Waals surface area contributed by atoms with Crippen LogP contribution in [-0.4, -0.2) is 47.6 Å². The highest BCUT2D eigenvalue weighted by atomic mass is 127. The van der Waals surface area contributed by atoms with Crippen molar-refractivity contribution in [3.05, 3.63) is 27.8 Å². The largest absolute Gasteiger partial charge is 0.514 e. The van der Waals surface area contributed by atoms with Crippen LogP contribution in [0, 0.1) is 15.4 Å². The van der Waals surface area contributed by atoms with E-state index in [9.17, 15) is 19.5 Å². The molecule has 3 aliphatic rings. The van der Waals surface area contributed by atoms with Crippen LogP contribution < -0.4 is 4.74 Å². The summed E-state index contributed by atoms with van der Waals surface area (Å²) >= 11 is 2.11. The summed E-state index contributed by atoms with van der Waals surface area (Å²) in [7, 11) is 0. The van der Waals surface area contributed by atoms with Gasteiger partial charge < -0.3 is 24.1 Å².